The van der Waals surface area contributed by atoms with Crippen LogP contribution in [0.5, 0.6) is 0 Å². The van der Waals surface area contributed by atoms with Gasteiger partial charge in [0.25, 0.3) is 5.91 Å². The third-order valence-electron chi connectivity index (χ3n) is 8.40. The van der Waals surface area contributed by atoms with Crippen LogP contribution in [0, 0.1) is 5.41 Å². The second-order valence-electron chi connectivity index (χ2n) is 12.7. The van der Waals surface area contributed by atoms with E-state index < -0.39 is 11.9 Å². The van der Waals surface area contributed by atoms with Crippen molar-refractivity contribution in [1.29, 1.82) is 5.41 Å². The minimum absolute atomic E-state index is 0.0206. The molecule has 0 heterocycles. The first-order valence-electron chi connectivity index (χ1n) is 18.4. The molecule has 0 aromatic carbocycles. The van der Waals surface area contributed by atoms with Crippen molar-refractivity contribution in [2.45, 2.75) is 174 Å². The van der Waals surface area contributed by atoms with E-state index in [0.717, 1.165) is 38.8 Å². The van der Waals surface area contributed by atoms with E-state index in [1.807, 2.05) is 4.90 Å². The van der Waals surface area contributed by atoms with Crippen molar-refractivity contribution in [1.82, 2.24) is 15.5 Å². The smallest absolute Gasteiger partial charge is 0.264 e. The maximum Gasteiger partial charge on any atom is 0.264 e. The molecule has 0 fully saturated rings. The summed E-state index contributed by atoms with van der Waals surface area (Å²) in [5.41, 5.74) is 11.7. The number of nitrogens with two attached hydrogens (primary N) is 2. The molecule has 0 spiro atoms. The predicted octanol–water partition coefficient (Wildman–Crippen LogP) is 7.70. The molecule has 0 rings (SSSR count). The SMILES string of the molecule is C=C(N)NCCCC(=N)C(=O)NCC(N)C(=O)N(CCCCCCCCCCCC)CCCCCCCCCCCCCC. The summed E-state index contributed by atoms with van der Waals surface area (Å²) in [6, 6.07) is -0.797. The van der Waals surface area contributed by atoms with Crippen LogP contribution in [0.1, 0.15) is 168 Å². The van der Waals surface area contributed by atoms with E-state index in [2.05, 4.69) is 31.1 Å². The van der Waals surface area contributed by atoms with Crippen molar-refractivity contribution in [2.75, 3.05) is 26.2 Å². The fraction of sp³-hybridized carbons (Fsp3) is 0.861. The summed E-state index contributed by atoms with van der Waals surface area (Å²) in [6.07, 6.45) is 29.0. The van der Waals surface area contributed by atoms with Crippen molar-refractivity contribution in [3.8, 4) is 0 Å². The molecule has 44 heavy (non-hydrogen) atoms. The van der Waals surface area contributed by atoms with Crippen molar-refractivity contribution in [2.24, 2.45) is 11.5 Å². The van der Waals surface area contributed by atoms with Crippen LogP contribution < -0.4 is 22.1 Å². The Kier molecular flexibility index (Phi) is 29.4. The van der Waals surface area contributed by atoms with E-state index in [9.17, 15) is 9.59 Å². The van der Waals surface area contributed by atoms with Gasteiger partial charge in [-0.1, -0.05) is 149 Å². The van der Waals surface area contributed by atoms with Gasteiger partial charge in [-0.05, 0) is 25.7 Å². The van der Waals surface area contributed by atoms with Crippen LogP contribution in [0.15, 0.2) is 12.4 Å². The Bertz CT molecular complexity index is 729. The quantitative estimate of drug-likeness (QED) is 0.0378. The van der Waals surface area contributed by atoms with E-state index in [1.165, 1.54) is 116 Å². The Morgan fingerprint density at radius 2 is 1.05 bits per heavy atom. The van der Waals surface area contributed by atoms with Gasteiger partial charge in [0.1, 0.15) is 6.04 Å². The molecule has 0 aromatic heterocycles. The highest BCUT2D eigenvalue weighted by Gasteiger charge is 2.22. The van der Waals surface area contributed by atoms with E-state index in [0.29, 0.717) is 25.2 Å². The normalized spacial score (nSPS) is 11.7. The Balaban J connectivity index is 4.47. The molecule has 0 bridgehead atoms. The third kappa shape index (κ3) is 26.3. The zero-order valence-electron chi connectivity index (χ0n) is 29.0. The summed E-state index contributed by atoms with van der Waals surface area (Å²) in [5.74, 6) is -0.195. The average Bonchev–Trinajstić information content (AvgIpc) is 3.01. The number of carbonyl (C=O) groups excluding carboxylic acids is 2. The predicted molar refractivity (Wildman–Crippen MR) is 189 cm³/mol. The van der Waals surface area contributed by atoms with Crippen LogP contribution in [-0.4, -0.2) is 54.6 Å². The first-order chi connectivity index (χ1) is 21.3. The number of hydrogen-bond acceptors (Lipinski definition) is 6. The van der Waals surface area contributed by atoms with Crippen molar-refractivity contribution < 1.29 is 9.59 Å². The van der Waals surface area contributed by atoms with E-state index in [-0.39, 0.29) is 18.2 Å². The highest BCUT2D eigenvalue weighted by molar-refractivity contribution is 6.37. The molecule has 0 radical (unpaired) electrons. The summed E-state index contributed by atoms with van der Waals surface area (Å²) in [5, 5.41) is 13.6. The minimum atomic E-state index is -0.797. The lowest BCUT2D eigenvalue weighted by atomic mass is 10.0. The fourth-order valence-electron chi connectivity index (χ4n) is 5.52. The number of rotatable bonds is 33. The van der Waals surface area contributed by atoms with Crippen LogP contribution in [0.2, 0.25) is 0 Å². The third-order valence-corrected chi connectivity index (χ3v) is 8.40. The van der Waals surface area contributed by atoms with Crippen LogP contribution in [0.25, 0.3) is 0 Å². The largest absolute Gasteiger partial charge is 0.386 e. The summed E-state index contributed by atoms with van der Waals surface area (Å²) in [6.45, 7) is 10.1. The maximum absolute atomic E-state index is 13.3. The van der Waals surface area contributed by atoms with Crippen molar-refractivity contribution in [3.05, 3.63) is 12.4 Å². The Morgan fingerprint density at radius 3 is 1.43 bits per heavy atom. The van der Waals surface area contributed by atoms with Gasteiger partial charge in [0, 0.05) is 26.2 Å². The molecule has 0 aliphatic carbocycles. The van der Waals surface area contributed by atoms with Crippen LogP contribution >= 0.6 is 0 Å². The molecular formula is C36H72N6O2. The average molecular weight is 621 g/mol. The second kappa shape index (κ2) is 30.9. The summed E-state index contributed by atoms with van der Waals surface area (Å²) in [4.78, 5) is 27.6. The lowest BCUT2D eigenvalue weighted by molar-refractivity contribution is -0.132. The molecule has 0 aromatic rings. The molecule has 0 saturated heterocycles. The Hall–Kier alpha value is -2.09. The van der Waals surface area contributed by atoms with Gasteiger partial charge in [-0.3, -0.25) is 15.0 Å². The molecule has 0 saturated carbocycles. The number of nitrogens with zero attached hydrogens (tertiary/aromatic N) is 1. The topological polar surface area (TPSA) is 137 Å². The maximum atomic E-state index is 13.3. The number of amides is 2. The van der Waals surface area contributed by atoms with Crippen LogP contribution in [0.3, 0.4) is 0 Å². The minimum Gasteiger partial charge on any atom is -0.386 e. The molecular weight excluding hydrogens is 548 g/mol. The van der Waals surface area contributed by atoms with Crippen molar-refractivity contribution >= 4 is 17.5 Å². The zero-order chi connectivity index (χ0) is 32.7. The molecule has 8 heteroatoms. The van der Waals surface area contributed by atoms with Gasteiger partial charge in [-0.2, -0.15) is 0 Å². The molecule has 1 atom stereocenters. The number of unbranched alkanes of at least 4 members (excludes halogenated alkanes) is 20. The van der Waals surface area contributed by atoms with E-state index in [1.54, 1.807) is 0 Å². The molecule has 2 amide bonds. The first kappa shape index (κ1) is 41.9. The molecule has 0 aliphatic rings. The standard InChI is InChI=1S/C36H72N6O2/c1-4-6-8-10-12-14-16-17-19-21-23-25-30-42(29-24-22-20-18-15-13-11-9-7-5-2)36(44)34(39)31-41-35(43)33(38)27-26-28-40-32(3)37/h34,38,40H,3-31,37,39H2,1-2H3,(H,41,43). The number of nitrogens with one attached hydrogen (secondary N) is 3. The summed E-state index contributed by atoms with van der Waals surface area (Å²) < 4.78 is 0. The van der Waals surface area contributed by atoms with Gasteiger partial charge in [-0.15, -0.1) is 0 Å². The highest BCUT2D eigenvalue weighted by Crippen LogP contribution is 2.14. The lowest BCUT2D eigenvalue weighted by Gasteiger charge is -2.26. The lowest BCUT2D eigenvalue weighted by Crippen LogP contribution is -2.51. The van der Waals surface area contributed by atoms with E-state index >= 15 is 0 Å². The van der Waals surface area contributed by atoms with Gasteiger partial charge in [0.05, 0.1) is 11.5 Å². The zero-order valence-corrected chi connectivity index (χ0v) is 29.0. The molecule has 8 nitrogen and oxygen atoms in total. The molecule has 1 unspecified atom stereocenters. The van der Waals surface area contributed by atoms with Crippen molar-refractivity contribution in [3.63, 3.8) is 0 Å². The molecule has 258 valence electrons. The van der Waals surface area contributed by atoms with Gasteiger partial charge >= 0.3 is 0 Å². The molecule has 7 N–H and O–H groups in total. The fourth-order valence-corrected chi connectivity index (χ4v) is 5.52. The first-order valence-corrected chi connectivity index (χ1v) is 18.4. The van der Waals surface area contributed by atoms with Crippen LogP contribution in [-0.2, 0) is 9.59 Å². The Labute approximate surface area is 271 Å². The van der Waals surface area contributed by atoms with Gasteiger partial charge < -0.3 is 27.0 Å². The monoisotopic (exact) mass is 621 g/mol. The highest BCUT2D eigenvalue weighted by atomic mass is 16.2. The van der Waals surface area contributed by atoms with E-state index in [4.69, 9.17) is 16.9 Å². The van der Waals surface area contributed by atoms with Crippen LogP contribution in [0.4, 0.5) is 0 Å². The summed E-state index contributed by atoms with van der Waals surface area (Å²) in [7, 11) is 0. The van der Waals surface area contributed by atoms with Gasteiger partial charge in [-0.25, -0.2) is 0 Å². The van der Waals surface area contributed by atoms with Gasteiger partial charge in [0.2, 0.25) is 5.91 Å². The van der Waals surface area contributed by atoms with Gasteiger partial charge in [0.15, 0.2) is 0 Å². The number of hydrogen-bond donors (Lipinski definition) is 5. The molecule has 0 aliphatic heterocycles. The second-order valence-corrected chi connectivity index (χ2v) is 12.7. The Morgan fingerprint density at radius 1 is 0.659 bits per heavy atom. The number of carbonyl (C=O) groups is 2. The summed E-state index contributed by atoms with van der Waals surface area (Å²) >= 11 is 0.